The predicted molar refractivity (Wildman–Crippen MR) is 76.9 cm³/mol. The van der Waals surface area contributed by atoms with Crippen molar-refractivity contribution in [3.8, 4) is 0 Å². The van der Waals surface area contributed by atoms with Gasteiger partial charge >= 0.3 is 0 Å². The van der Waals surface area contributed by atoms with Gasteiger partial charge in [0.2, 0.25) is 0 Å². The molecule has 1 fully saturated rings. The summed E-state index contributed by atoms with van der Waals surface area (Å²) in [6, 6.07) is 0. The molecule has 0 atom stereocenters. The van der Waals surface area contributed by atoms with Crippen LogP contribution in [-0.4, -0.2) is 16.3 Å². The molecule has 0 amide bonds. The van der Waals surface area contributed by atoms with Crippen molar-refractivity contribution in [1.29, 1.82) is 0 Å². The zero-order chi connectivity index (χ0) is 13.3. The first-order valence-electron chi connectivity index (χ1n) is 6.36. The smallest absolute Gasteiger partial charge is 0.283 e. The third-order valence-corrected chi connectivity index (χ3v) is 3.69. The van der Waals surface area contributed by atoms with E-state index in [0.717, 1.165) is 18.8 Å². The van der Waals surface area contributed by atoms with Crippen molar-refractivity contribution in [2.24, 2.45) is 11.3 Å². The van der Waals surface area contributed by atoms with Gasteiger partial charge in [-0.05, 0) is 40.1 Å². The van der Waals surface area contributed by atoms with E-state index in [1.165, 1.54) is 12.8 Å². The topological polar surface area (TPSA) is 46.9 Å². The van der Waals surface area contributed by atoms with E-state index >= 15 is 0 Å². The second-order valence-electron chi connectivity index (χ2n) is 6.22. The quantitative estimate of drug-likeness (QED) is 0.929. The standard InChI is InChI=1S/C13H20BrN3O/c1-13(2,3)8-15-10-6-16-17(7-9-4-5-9)12(18)11(10)14/h6,9,15H,4-5,7-8H2,1-3H3. The van der Waals surface area contributed by atoms with Crippen LogP contribution in [0.3, 0.4) is 0 Å². The summed E-state index contributed by atoms with van der Waals surface area (Å²) in [5.74, 6) is 0.649. The van der Waals surface area contributed by atoms with Gasteiger partial charge in [0.25, 0.3) is 5.56 Å². The number of nitrogens with zero attached hydrogens (tertiary/aromatic N) is 2. The molecule has 2 rings (SSSR count). The van der Waals surface area contributed by atoms with Gasteiger partial charge in [0.15, 0.2) is 0 Å². The summed E-state index contributed by atoms with van der Waals surface area (Å²) in [5, 5.41) is 7.50. The average Bonchev–Trinajstić information content (AvgIpc) is 3.06. The van der Waals surface area contributed by atoms with E-state index in [-0.39, 0.29) is 11.0 Å². The van der Waals surface area contributed by atoms with Crippen molar-refractivity contribution >= 4 is 21.6 Å². The van der Waals surface area contributed by atoms with Gasteiger partial charge in [-0.2, -0.15) is 5.10 Å². The fraction of sp³-hybridized carbons (Fsp3) is 0.692. The number of aromatic nitrogens is 2. The van der Waals surface area contributed by atoms with E-state index in [1.807, 2.05) is 0 Å². The maximum Gasteiger partial charge on any atom is 0.283 e. The first-order valence-corrected chi connectivity index (χ1v) is 7.15. The molecule has 5 heteroatoms. The number of halogens is 1. The Kier molecular flexibility index (Phi) is 3.80. The second-order valence-corrected chi connectivity index (χ2v) is 7.01. The van der Waals surface area contributed by atoms with E-state index in [4.69, 9.17) is 0 Å². The Labute approximate surface area is 116 Å². The van der Waals surface area contributed by atoms with Crippen LogP contribution >= 0.6 is 15.9 Å². The molecule has 1 aliphatic rings. The molecule has 0 spiro atoms. The molecule has 1 saturated carbocycles. The highest BCUT2D eigenvalue weighted by atomic mass is 79.9. The fourth-order valence-electron chi connectivity index (χ4n) is 1.62. The predicted octanol–water partition coefficient (Wildman–Crippen LogP) is 2.87. The van der Waals surface area contributed by atoms with Crippen molar-refractivity contribution < 1.29 is 0 Å². The summed E-state index contributed by atoms with van der Waals surface area (Å²) in [4.78, 5) is 12.1. The molecule has 0 saturated heterocycles. The number of anilines is 1. The van der Waals surface area contributed by atoms with E-state index in [2.05, 4.69) is 47.1 Å². The monoisotopic (exact) mass is 313 g/mol. The van der Waals surface area contributed by atoms with Gasteiger partial charge in [0.1, 0.15) is 4.47 Å². The van der Waals surface area contributed by atoms with Crippen molar-refractivity contribution in [3.05, 3.63) is 21.0 Å². The van der Waals surface area contributed by atoms with Crippen LogP contribution < -0.4 is 10.9 Å². The average molecular weight is 314 g/mol. The summed E-state index contributed by atoms with van der Waals surface area (Å²) in [6.45, 7) is 8.00. The lowest BCUT2D eigenvalue weighted by molar-refractivity contribution is 0.442. The molecule has 0 bridgehead atoms. The third kappa shape index (κ3) is 3.57. The van der Waals surface area contributed by atoms with E-state index < -0.39 is 0 Å². The molecule has 0 unspecified atom stereocenters. The van der Waals surface area contributed by atoms with Crippen LogP contribution in [0.2, 0.25) is 0 Å². The normalized spacial score (nSPS) is 15.8. The SMILES string of the molecule is CC(C)(C)CNc1cnn(CC2CC2)c(=O)c1Br. The Morgan fingerprint density at radius 2 is 2.17 bits per heavy atom. The lowest BCUT2D eigenvalue weighted by Gasteiger charge is -2.20. The number of hydrogen-bond acceptors (Lipinski definition) is 3. The number of rotatable bonds is 4. The van der Waals surface area contributed by atoms with Crippen molar-refractivity contribution in [2.75, 3.05) is 11.9 Å². The summed E-state index contributed by atoms with van der Waals surface area (Å²) in [7, 11) is 0. The van der Waals surface area contributed by atoms with Gasteiger partial charge in [-0.15, -0.1) is 0 Å². The molecule has 1 heterocycles. The van der Waals surface area contributed by atoms with Gasteiger partial charge in [-0.1, -0.05) is 20.8 Å². The van der Waals surface area contributed by atoms with Crippen LogP contribution in [0, 0.1) is 11.3 Å². The highest BCUT2D eigenvalue weighted by Gasteiger charge is 2.23. The maximum atomic E-state index is 12.1. The largest absolute Gasteiger partial charge is 0.382 e. The lowest BCUT2D eigenvalue weighted by Crippen LogP contribution is -2.27. The van der Waals surface area contributed by atoms with Gasteiger partial charge in [0, 0.05) is 13.1 Å². The van der Waals surface area contributed by atoms with Gasteiger partial charge in [-0.25, -0.2) is 4.68 Å². The molecule has 1 aromatic rings. The third-order valence-electron chi connectivity index (χ3n) is 2.92. The first kappa shape index (κ1) is 13.6. The summed E-state index contributed by atoms with van der Waals surface area (Å²) >= 11 is 3.37. The Morgan fingerprint density at radius 1 is 1.50 bits per heavy atom. The highest BCUT2D eigenvalue weighted by Crippen LogP contribution is 2.30. The zero-order valence-corrected chi connectivity index (χ0v) is 12.7. The maximum absolute atomic E-state index is 12.1. The van der Waals surface area contributed by atoms with E-state index in [9.17, 15) is 4.79 Å². The van der Waals surface area contributed by atoms with E-state index in [1.54, 1.807) is 10.9 Å². The Balaban J connectivity index is 2.12. The van der Waals surface area contributed by atoms with Crippen LogP contribution in [0.4, 0.5) is 5.69 Å². The highest BCUT2D eigenvalue weighted by molar-refractivity contribution is 9.10. The first-order chi connectivity index (χ1) is 8.37. The molecule has 4 nitrogen and oxygen atoms in total. The summed E-state index contributed by atoms with van der Waals surface area (Å²) < 4.78 is 2.15. The minimum atomic E-state index is -0.0409. The van der Waals surface area contributed by atoms with Crippen LogP contribution in [0.1, 0.15) is 33.6 Å². The molecule has 1 N–H and O–H groups in total. The molecule has 0 aromatic carbocycles. The van der Waals surface area contributed by atoms with Gasteiger partial charge < -0.3 is 5.32 Å². The van der Waals surface area contributed by atoms with Gasteiger partial charge in [-0.3, -0.25) is 4.79 Å². The molecular weight excluding hydrogens is 294 g/mol. The molecule has 1 aliphatic carbocycles. The molecule has 1 aromatic heterocycles. The van der Waals surface area contributed by atoms with Crippen molar-refractivity contribution in [2.45, 2.75) is 40.2 Å². The zero-order valence-electron chi connectivity index (χ0n) is 11.2. The number of nitrogens with one attached hydrogen (secondary N) is 1. The Bertz CT molecular complexity index is 486. The molecular formula is C13H20BrN3O. The summed E-state index contributed by atoms with van der Waals surface area (Å²) in [5.41, 5.74) is 0.908. The molecule has 100 valence electrons. The Hall–Kier alpha value is -0.840. The molecule has 18 heavy (non-hydrogen) atoms. The minimum Gasteiger partial charge on any atom is -0.382 e. The van der Waals surface area contributed by atoms with Crippen molar-refractivity contribution in [3.63, 3.8) is 0 Å². The van der Waals surface area contributed by atoms with Crippen molar-refractivity contribution in [1.82, 2.24) is 9.78 Å². The molecule has 0 aliphatic heterocycles. The number of hydrogen-bond donors (Lipinski definition) is 1. The van der Waals surface area contributed by atoms with Crippen LogP contribution in [-0.2, 0) is 6.54 Å². The lowest BCUT2D eigenvalue weighted by atomic mass is 9.97. The van der Waals surface area contributed by atoms with Crippen LogP contribution in [0.5, 0.6) is 0 Å². The summed E-state index contributed by atoms with van der Waals surface area (Å²) in [6.07, 6.45) is 4.17. The van der Waals surface area contributed by atoms with E-state index in [0.29, 0.717) is 10.4 Å². The Morgan fingerprint density at radius 3 is 2.72 bits per heavy atom. The van der Waals surface area contributed by atoms with Crippen LogP contribution in [0.15, 0.2) is 15.5 Å². The van der Waals surface area contributed by atoms with Gasteiger partial charge in [0.05, 0.1) is 11.9 Å². The molecule has 0 radical (unpaired) electrons. The van der Waals surface area contributed by atoms with Crippen LogP contribution in [0.25, 0.3) is 0 Å². The minimum absolute atomic E-state index is 0.0409. The fourth-order valence-corrected chi connectivity index (χ4v) is 2.07. The second kappa shape index (κ2) is 5.03.